The fraction of sp³-hybridized carbons (Fsp3) is 0.125. The zero-order valence-electron chi connectivity index (χ0n) is 5.79. The molecule has 1 amide bonds. The summed E-state index contributed by atoms with van der Waals surface area (Å²) < 4.78 is 0. The average molecular weight is 165 g/mol. The number of hydrogen-bond donors (Lipinski definition) is 2. The normalized spacial score (nSPS) is 14.5. The first-order valence-electron chi connectivity index (χ1n) is 3.38. The second-order valence-corrected chi connectivity index (χ2v) is 3.01. The van der Waals surface area contributed by atoms with Gasteiger partial charge >= 0.3 is 0 Å². The minimum atomic E-state index is 0.0569. The van der Waals surface area contributed by atoms with Crippen LogP contribution in [0.2, 0.25) is 0 Å². The number of anilines is 1. The number of thiol groups is 1. The van der Waals surface area contributed by atoms with Crippen LogP contribution in [0, 0.1) is 0 Å². The molecule has 0 radical (unpaired) electrons. The molecule has 1 aromatic rings. The molecule has 11 heavy (non-hydrogen) atoms. The van der Waals surface area contributed by atoms with Gasteiger partial charge < -0.3 is 5.32 Å². The van der Waals surface area contributed by atoms with Gasteiger partial charge in [-0.1, -0.05) is 6.07 Å². The average Bonchev–Trinajstić information content (AvgIpc) is 2.31. The van der Waals surface area contributed by atoms with Crippen molar-refractivity contribution < 1.29 is 4.79 Å². The van der Waals surface area contributed by atoms with Gasteiger partial charge in [0.25, 0.3) is 0 Å². The highest BCUT2D eigenvalue weighted by Gasteiger charge is 2.18. The molecule has 1 N–H and O–H groups in total. The lowest BCUT2D eigenvalue weighted by Gasteiger charge is -1.98. The van der Waals surface area contributed by atoms with Crippen LogP contribution in [-0.4, -0.2) is 5.91 Å². The standard InChI is InChI=1S/C8H7NOS/c10-8-4-5-6(9-8)2-1-3-7(5)11/h1-3,11H,4H2,(H,9,10). The quantitative estimate of drug-likeness (QED) is 0.560. The first-order valence-corrected chi connectivity index (χ1v) is 3.83. The van der Waals surface area contributed by atoms with Crippen LogP contribution < -0.4 is 5.32 Å². The zero-order chi connectivity index (χ0) is 7.84. The molecule has 2 nitrogen and oxygen atoms in total. The first kappa shape index (κ1) is 6.73. The number of carbonyl (C=O) groups is 1. The molecule has 0 saturated heterocycles. The first-order chi connectivity index (χ1) is 5.27. The minimum Gasteiger partial charge on any atom is -0.325 e. The van der Waals surface area contributed by atoms with Crippen LogP contribution in [0.5, 0.6) is 0 Å². The molecule has 0 bridgehead atoms. The summed E-state index contributed by atoms with van der Waals surface area (Å²) in [5.74, 6) is 0.0569. The molecule has 0 atom stereocenters. The topological polar surface area (TPSA) is 29.1 Å². The van der Waals surface area contributed by atoms with Crippen LogP contribution in [0.1, 0.15) is 5.56 Å². The summed E-state index contributed by atoms with van der Waals surface area (Å²) >= 11 is 4.24. The number of fused-ring (bicyclic) bond motifs is 1. The Balaban J connectivity index is 2.57. The molecule has 56 valence electrons. The van der Waals surface area contributed by atoms with Gasteiger partial charge in [-0.2, -0.15) is 0 Å². The van der Waals surface area contributed by atoms with Gasteiger partial charge in [-0.3, -0.25) is 4.79 Å². The van der Waals surface area contributed by atoms with Crippen molar-refractivity contribution in [1.29, 1.82) is 0 Å². The van der Waals surface area contributed by atoms with Crippen molar-refractivity contribution in [3.8, 4) is 0 Å². The van der Waals surface area contributed by atoms with E-state index in [9.17, 15) is 4.79 Å². The van der Waals surface area contributed by atoms with Gasteiger partial charge in [-0.05, 0) is 17.7 Å². The third-order valence-electron chi connectivity index (χ3n) is 1.76. The Morgan fingerprint density at radius 1 is 1.45 bits per heavy atom. The van der Waals surface area contributed by atoms with Crippen LogP contribution in [0.25, 0.3) is 0 Å². The number of carbonyl (C=O) groups excluding carboxylic acids is 1. The third-order valence-corrected chi connectivity index (χ3v) is 2.18. The molecule has 0 saturated carbocycles. The van der Waals surface area contributed by atoms with Crippen LogP contribution in [0.3, 0.4) is 0 Å². The second-order valence-electron chi connectivity index (χ2n) is 2.53. The molecule has 1 aliphatic heterocycles. The lowest BCUT2D eigenvalue weighted by molar-refractivity contribution is -0.115. The van der Waals surface area contributed by atoms with E-state index >= 15 is 0 Å². The Morgan fingerprint density at radius 2 is 2.27 bits per heavy atom. The van der Waals surface area contributed by atoms with E-state index in [1.807, 2.05) is 18.2 Å². The summed E-state index contributed by atoms with van der Waals surface area (Å²) in [6, 6.07) is 5.66. The van der Waals surface area contributed by atoms with Crippen molar-refractivity contribution in [2.24, 2.45) is 0 Å². The third kappa shape index (κ3) is 1.01. The second kappa shape index (κ2) is 2.27. The summed E-state index contributed by atoms with van der Waals surface area (Å²) in [4.78, 5) is 11.8. The summed E-state index contributed by atoms with van der Waals surface area (Å²) in [6.45, 7) is 0. The molecule has 1 heterocycles. The number of amides is 1. The van der Waals surface area contributed by atoms with Crippen molar-refractivity contribution in [3.05, 3.63) is 23.8 Å². The molecule has 2 rings (SSSR count). The van der Waals surface area contributed by atoms with Gasteiger partial charge in [-0.25, -0.2) is 0 Å². The Kier molecular flexibility index (Phi) is 1.39. The number of nitrogens with one attached hydrogen (secondary N) is 1. The van der Waals surface area contributed by atoms with Crippen molar-refractivity contribution in [1.82, 2.24) is 0 Å². The molecule has 0 spiro atoms. The van der Waals surface area contributed by atoms with Crippen molar-refractivity contribution in [2.75, 3.05) is 5.32 Å². The van der Waals surface area contributed by atoms with Gasteiger partial charge in [0.2, 0.25) is 5.91 Å². The minimum absolute atomic E-state index is 0.0569. The maximum Gasteiger partial charge on any atom is 0.228 e. The van der Waals surface area contributed by atoms with E-state index in [0.717, 1.165) is 16.1 Å². The number of benzene rings is 1. The van der Waals surface area contributed by atoms with Gasteiger partial charge in [0, 0.05) is 10.6 Å². The SMILES string of the molecule is O=C1Cc2c(S)cccc2N1. The monoisotopic (exact) mass is 165 g/mol. The van der Waals surface area contributed by atoms with Crippen LogP contribution in [0.4, 0.5) is 5.69 Å². The van der Waals surface area contributed by atoms with E-state index in [0.29, 0.717) is 6.42 Å². The van der Waals surface area contributed by atoms with Gasteiger partial charge in [0.1, 0.15) is 0 Å². The smallest absolute Gasteiger partial charge is 0.228 e. The molecule has 3 heteroatoms. The predicted molar refractivity (Wildman–Crippen MR) is 46.0 cm³/mol. The Morgan fingerprint density at radius 3 is 3.00 bits per heavy atom. The molecule has 0 fully saturated rings. The Labute approximate surface area is 70.0 Å². The van der Waals surface area contributed by atoms with Crippen molar-refractivity contribution in [3.63, 3.8) is 0 Å². The number of rotatable bonds is 0. The lowest BCUT2D eigenvalue weighted by Crippen LogP contribution is -2.03. The molecular formula is C8H7NOS. The summed E-state index contributed by atoms with van der Waals surface area (Å²) in [5.41, 5.74) is 1.92. The fourth-order valence-corrected chi connectivity index (χ4v) is 1.52. The molecule has 0 aromatic heterocycles. The Hall–Kier alpha value is -0.960. The largest absolute Gasteiger partial charge is 0.325 e. The van der Waals surface area contributed by atoms with Gasteiger partial charge in [0.15, 0.2) is 0 Å². The molecule has 1 aromatic carbocycles. The van der Waals surface area contributed by atoms with E-state index in [1.54, 1.807) is 0 Å². The van der Waals surface area contributed by atoms with E-state index in [4.69, 9.17) is 0 Å². The van der Waals surface area contributed by atoms with E-state index in [1.165, 1.54) is 0 Å². The van der Waals surface area contributed by atoms with Crippen LogP contribution in [-0.2, 0) is 11.2 Å². The molecule has 1 aliphatic rings. The van der Waals surface area contributed by atoms with E-state index < -0.39 is 0 Å². The van der Waals surface area contributed by atoms with Crippen molar-refractivity contribution >= 4 is 24.2 Å². The van der Waals surface area contributed by atoms with Gasteiger partial charge in [0.05, 0.1) is 6.42 Å². The zero-order valence-corrected chi connectivity index (χ0v) is 6.69. The molecule has 0 aliphatic carbocycles. The maximum atomic E-state index is 10.9. The highest BCUT2D eigenvalue weighted by molar-refractivity contribution is 7.80. The summed E-state index contributed by atoms with van der Waals surface area (Å²) in [5, 5.41) is 2.75. The number of hydrogen-bond acceptors (Lipinski definition) is 2. The van der Waals surface area contributed by atoms with Crippen LogP contribution in [0.15, 0.2) is 23.1 Å². The maximum absolute atomic E-state index is 10.9. The highest BCUT2D eigenvalue weighted by atomic mass is 32.1. The molecule has 0 unspecified atom stereocenters. The predicted octanol–water partition coefficient (Wildman–Crippen LogP) is 1.47. The van der Waals surface area contributed by atoms with E-state index in [-0.39, 0.29) is 5.91 Å². The lowest BCUT2D eigenvalue weighted by atomic mass is 10.2. The fourth-order valence-electron chi connectivity index (χ4n) is 1.23. The van der Waals surface area contributed by atoms with Gasteiger partial charge in [-0.15, -0.1) is 12.6 Å². The van der Waals surface area contributed by atoms with Crippen molar-refractivity contribution in [2.45, 2.75) is 11.3 Å². The summed E-state index contributed by atoms with van der Waals surface area (Å²) in [7, 11) is 0. The molecular weight excluding hydrogens is 158 g/mol. The van der Waals surface area contributed by atoms with Crippen LogP contribution >= 0.6 is 12.6 Å². The Bertz CT molecular complexity index is 322. The van der Waals surface area contributed by atoms with E-state index in [2.05, 4.69) is 17.9 Å². The highest BCUT2D eigenvalue weighted by Crippen LogP contribution is 2.27. The summed E-state index contributed by atoms with van der Waals surface area (Å²) in [6.07, 6.45) is 0.467.